The number of H-pyrrole nitrogens is 1. The Kier molecular flexibility index (Phi) is 4.14. The van der Waals surface area contributed by atoms with Gasteiger partial charge in [0.25, 0.3) is 0 Å². The van der Waals surface area contributed by atoms with Gasteiger partial charge >= 0.3 is 0 Å². The predicted octanol–water partition coefficient (Wildman–Crippen LogP) is 0.120. The summed E-state index contributed by atoms with van der Waals surface area (Å²) < 4.78 is 7.22. The summed E-state index contributed by atoms with van der Waals surface area (Å²) in [6.45, 7) is 5.74. The molecule has 1 fully saturated rings. The average Bonchev–Trinajstić information content (AvgIpc) is 3.18. The summed E-state index contributed by atoms with van der Waals surface area (Å²) in [5, 5.41) is 11.0. The molecule has 2 aromatic heterocycles. The smallest absolute Gasteiger partial charge is 0.244 e. The van der Waals surface area contributed by atoms with Crippen LogP contribution in [0, 0.1) is 0 Å². The topological polar surface area (TPSA) is 102 Å². The lowest BCUT2D eigenvalue weighted by Gasteiger charge is -2.31. The van der Waals surface area contributed by atoms with Gasteiger partial charge in [-0.2, -0.15) is 10.2 Å². The summed E-state index contributed by atoms with van der Waals surface area (Å²) >= 11 is 0. The molecule has 3 rings (SSSR count). The van der Waals surface area contributed by atoms with Gasteiger partial charge in [-0.25, -0.2) is 14.6 Å². The molecule has 0 aliphatic carbocycles. The number of hydrogen-bond acceptors (Lipinski definition) is 6. The Morgan fingerprint density at radius 2 is 2.41 bits per heavy atom. The fraction of sp³-hybridized carbons (Fsp3) is 0.615. The first-order chi connectivity index (χ1) is 10.6. The van der Waals surface area contributed by atoms with Gasteiger partial charge in [0, 0.05) is 12.5 Å². The lowest BCUT2D eigenvalue weighted by molar-refractivity contribution is -0.140. The van der Waals surface area contributed by atoms with Crippen LogP contribution in [-0.4, -0.2) is 60.4 Å². The number of aromatic nitrogens is 6. The van der Waals surface area contributed by atoms with Gasteiger partial charge in [0.2, 0.25) is 5.91 Å². The zero-order chi connectivity index (χ0) is 15.5. The van der Waals surface area contributed by atoms with Crippen molar-refractivity contribution in [3.8, 4) is 0 Å². The third-order valence-electron chi connectivity index (χ3n) is 3.52. The maximum atomic E-state index is 12.3. The molecule has 0 unspecified atom stereocenters. The lowest BCUT2D eigenvalue weighted by atomic mass is 10.2. The molecule has 1 amide bonds. The number of carbonyl (C=O) groups is 1. The largest absolute Gasteiger partial charge is 0.367 e. The molecule has 118 valence electrons. The van der Waals surface area contributed by atoms with Crippen LogP contribution in [-0.2, 0) is 16.1 Å². The van der Waals surface area contributed by atoms with Crippen molar-refractivity contribution in [2.45, 2.75) is 32.4 Å². The van der Waals surface area contributed by atoms with Gasteiger partial charge < -0.3 is 9.64 Å². The molecule has 22 heavy (non-hydrogen) atoms. The van der Waals surface area contributed by atoms with Crippen LogP contribution in [0.5, 0.6) is 0 Å². The van der Waals surface area contributed by atoms with Crippen molar-refractivity contribution in [3.05, 3.63) is 24.3 Å². The number of morpholine rings is 1. The molecule has 2 aromatic rings. The quantitative estimate of drug-likeness (QED) is 0.861. The number of carbonyl (C=O) groups excluding carboxylic acids is 1. The fourth-order valence-corrected chi connectivity index (χ4v) is 2.28. The highest BCUT2D eigenvalue weighted by Crippen LogP contribution is 2.20. The number of ether oxygens (including phenoxy) is 1. The highest BCUT2D eigenvalue weighted by molar-refractivity contribution is 5.76. The molecule has 0 aromatic carbocycles. The van der Waals surface area contributed by atoms with Crippen molar-refractivity contribution in [2.75, 3.05) is 19.7 Å². The predicted molar refractivity (Wildman–Crippen MR) is 75.8 cm³/mol. The van der Waals surface area contributed by atoms with Crippen LogP contribution in [0.2, 0.25) is 0 Å². The zero-order valence-electron chi connectivity index (χ0n) is 12.6. The van der Waals surface area contributed by atoms with Gasteiger partial charge in [-0.1, -0.05) is 13.8 Å². The summed E-state index contributed by atoms with van der Waals surface area (Å²) in [6.07, 6.45) is 2.67. The molecule has 0 radical (unpaired) electrons. The first kappa shape index (κ1) is 14.6. The van der Waals surface area contributed by atoms with E-state index in [0.29, 0.717) is 25.5 Å². The van der Waals surface area contributed by atoms with E-state index >= 15 is 0 Å². The summed E-state index contributed by atoms with van der Waals surface area (Å²) in [5.74, 6) is 1.66. The summed E-state index contributed by atoms with van der Waals surface area (Å²) in [7, 11) is 0. The molecule has 9 heteroatoms. The Hall–Kier alpha value is -2.29. The minimum Gasteiger partial charge on any atom is -0.367 e. The third kappa shape index (κ3) is 3.14. The normalized spacial score (nSPS) is 18.9. The van der Waals surface area contributed by atoms with E-state index in [9.17, 15) is 4.79 Å². The average molecular weight is 305 g/mol. The number of rotatable bonds is 4. The summed E-state index contributed by atoms with van der Waals surface area (Å²) in [4.78, 5) is 22.3. The molecular formula is C13H19N7O2. The lowest BCUT2D eigenvalue weighted by Crippen LogP contribution is -2.44. The van der Waals surface area contributed by atoms with E-state index in [4.69, 9.17) is 4.74 Å². The fourth-order valence-electron chi connectivity index (χ4n) is 2.28. The van der Waals surface area contributed by atoms with Crippen molar-refractivity contribution in [1.82, 2.24) is 34.8 Å². The van der Waals surface area contributed by atoms with E-state index in [0.717, 1.165) is 5.82 Å². The molecule has 1 atom stereocenters. The van der Waals surface area contributed by atoms with Gasteiger partial charge in [0.05, 0.1) is 13.2 Å². The van der Waals surface area contributed by atoms with E-state index < -0.39 is 0 Å². The van der Waals surface area contributed by atoms with Crippen molar-refractivity contribution in [1.29, 1.82) is 0 Å². The van der Waals surface area contributed by atoms with Crippen LogP contribution in [0.25, 0.3) is 0 Å². The van der Waals surface area contributed by atoms with Crippen LogP contribution < -0.4 is 0 Å². The van der Waals surface area contributed by atoms with Crippen LogP contribution >= 0.6 is 0 Å². The number of hydrogen-bond donors (Lipinski definition) is 1. The molecule has 0 saturated carbocycles. The van der Waals surface area contributed by atoms with Gasteiger partial charge in [0.15, 0.2) is 11.6 Å². The zero-order valence-corrected chi connectivity index (χ0v) is 12.6. The monoisotopic (exact) mass is 305 g/mol. The van der Waals surface area contributed by atoms with Crippen LogP contribution in [0.15, 0.2) is 12.7 Å². The first-order valence-electron chi connectivity index (χ1n) is 7.27. The van der Waals surface area contributed by atoms with Crippen molar-refractivity contribution in [2.24, 2.45) is 0 Å². The van der Waals surface area contributed by atoms with Crippen molar-refractivity contribution >= 4 is 5.91 Å². The number of aromatic amines is 1. The molecular weight excluding hydrogens is 286 g/mol. The second-order valence-electron chi connectivity index (χ2n) is 5.53. The van der Waals surface area contributed by atoms with Gasteiger partial charge in [-0.15, -0.1) is 0 Å². The van der Waals surface area contributed by atoms with E-state index in [1.54, 1.807) is 4.90 Å². The Morgan fingerprint density at radius 1 is 1.55 bits per heavy atom. The van der Waals surface area contributed by atoms with E-state index in [1.807, 2.05) is 13.8 Å². The second kappa shape index (κ2) is 6.22. The Balaban J connectivity index is 1.64. The minimum absolute atomic E-state index is 0.0117. The van der Waals surface area contributed by atoms with Crippen LogP contribution in [0.3, 0.4) is 0 Å². The Morgan fingerprint density at radius 3 is 3.09 bits per heavy atom. The Bertz CT molecular complexity index is 622. The van der Waals surface area contributed by atoms with E-state index in [2.05, 4.69) is 25.3 Å². The van der Waals surface area contributed by atoms with E-state index in [1.165, 1.54) is 17.3 Å². The third-order valence-corrected chi connectivity index (χ3v) is 3.52. The van der Waals surface area contributed by atoms with Gasteiger partial charge in [-0.3, -0.25) is 9.89 Å². The highest BCUT2D eigenvalue weighted by atomic mass is 16.5. The molecule has 9 nitrogen and oxygen atoms in total. The number of amides is 1. The second-order valence-corrected chi connectivity index (χ2v) is 5.53. The van der Waals surface area contributed by atoms with Crippen molar-refractivity contribution in [3.63, 3.8) is 0 Å². The highest BCUT2D eigenvalue weighted by Gasteiger charge is 2.28. The molecule has 1 aliphatic heterocycles. The van der Waals surface area contributed by atoms with Crippen LogP contribution in [0.4, 0.5) is 0 Å². The molecule has 1 N–H and O–H groups in total. The van der Waals surface area contributed by atoms with Gasteiger partial charge in [0.1, 0.15) is 25.3 Å². The molecule has 0 bridgehead atoms. The number of nitrogens with one attached hydrogen (secondary N) is 1. The van der Waals surface area contributed by atoms with Gasteiger partial charge in [-0.05, 0) is 0 Å². The maximum absolute atomic E-state index is 12.3. The Labute approximate surface area is 127 Å². The molecule has 1 saturated heterocycles. The van der Waals surface area contributed by atoms with E-state index in [-0.39, 0.29) is 24.5 Å². The summed E-state index contributed by atoms with van der Waals surface area (Å²) in [6, 6.07) is 0. The molecule has 3 heterocycles. The maximum Gasteiger partial charge on any atom is 0.244 e. The number of nitrogens with zero attached hydrogens (tertiary/aromatic N) is 6. The summed E-state index contributed by atoms with van der Waals surface area (Å²) in [5.41, 5.74) is 0. The molecule has 0 spiro atoms. The van der Waals surface area contributed by atoms with Crippen molar-refractivity contribution < 1.29 is 9.53 Å². The SMILES string of the molecule is CC(C)c1n[nH]c([C@@H]2CN(C(=O)Cn3cncn3)CCO2)n1. The van der Waals surface area contributed by atoms with Crippen LogP contribution in [0.1, 0.15) is 37.5 Å². The molecule has 1 aliphatic rings. The standard InChI is InChI=1S/C13H19N7O2/c1-9(2)12-16-13(18-17-12)10-5-19(3-4-22-10)11(21)6-20-8-14-7-15-20/h7-10H,3-6H2,1-2H3,(H,16,17,18)/t10-/m0/s1. The minimum atomic E-state index is -0.270. The first-order valence-corrected chi connectivity index (χ1v) is 7.27.